The van der Waals surface area contributed by atoms with Crippen LogP contribution in [0.1, 0.15) is 5.56 Å². The molecule has 0 radical (unpaired) electrons. The minimum Gasteiger partial charge on any atom is -0.492 e. The van der Waals surface area contributed by atoms with Gasteiger partial charge >= 0.3 is 0 Å². The molecule has 0 saturated carbocycles. The Morgan fingerprint density at radius 1 is 1.38 bits per heavy atom. The number of hydrogen-bond acceptors (Lipinski definition) is 4. The molecule has 0 bridgehead atoms. The predicted molar refractivity (Wildman–Crippen MR) is 83.8 cm³/mol. The molecule has 6 nitrogen and oxygen atoms in total. The quantitative estimate of drug-likeness (QED) is 0.844. The molecule has 0 fully saturated rings. The molecule has 0 saturated heterocycles. The van der Waals surface area contributed by atoms with Crippen LogP contribution in [0.5, 0.6) is 5.75 Å². The zero-order valence-corrected chi connectivity index (χ0v) is 12.6. The summed E-state index contributed by atoms with van der Waals surface area (Å²) >= 11 is 0. The molecule has 2 aromatic rings. The Balaban J connectivity index is 0.00000220. The maximum atomic E-state index is 11.9. The van der Waals surface area contributed by atoms with Gasteiger partial charge in [-0.1, -0.05) is 0 Å². The first-order chi connectivity index (χ1) is 9.67. The number of ether oxygens (including phenoxy) is 1. The molecule has 1 amide bonds. The number of hydrogen-bond donors (Lipinski definition) is 2. The van der Waals surface area contributed by atoms with E-state index in [-0.39, 0.29) is 18.3 Å². The van der Waals surface area contributed by atoms with Crippen LogP contribution in [0.25, 0.3) is 0 Å². The third-order valence-electron chi connectivity index (χ3n) is 2.65. The fourth-order valence-electron chi connectivity index (χ4n) is 1.77. The van der Waals surface area contributed by atoms with Crippen LogP contribution < -0.4 is 15.8 Å². The van der Waals surface area contributed by atoms with E-state index in [0.717, 1.165) is 17.0 Å². The summed E-state index contributed by atoms with van der Waals surface area (Å²) in [4.78, 5) is 11.9. The molecule has 1 heterocycles. The highest BCUT2D eigenvalue weighted by atomic mass is 35.5. The zero-order chi connectivity index (χ0) is 14.4. The lowest BCUT2D eigenvalue weighted by Gasteiger charge is -2.07. The van der Waals surface area contributed by atoms with Crippen molar-refractivity contribution in [1.29, 1.82) is 0 Å². The van der Waals surface area contributed by atoms with Crippen molar-refractivity contribution in [3.05, 3.63) is 42.2 Å². The van der Waals surface area contributed by atoms with Crippen LogP contribution in [0.2, 0.25) is 0 Å². The van der Waals surface area contributed by atoms with Crippen molar-refractivity contribution in [2.45, 2.75) is 6.42 Å². The first-order valence-electron chi connectivity index (χ1n) is 6.37. The summed E-state index contributed by atoms with van der Waals surface area (Å²) in [7, 11) is 1.82. The van der Waals surface area contributed by atoms with Gasteiger partial charge in [-0.15, -0.1) is 12.4 Å². The first kappa shape index (κ1) is 17.0. The molecule has 0 aliphatic rings. The molecule has 0 atom stereocenters. The van der Waals surface area contributed by atoms with Gasteiger partial charge in [0, 0.05) is 25.5 Å². The first-order valence-corrected chi connectivity index (χ1v) is 6.37. The SMILES string of the molecule is Cl.Cn1cc(CC(=O)Nc2ccc(OCCN)cc2)cn1. The van der Waals surface area contributed by atoms with Crippen LogP contribution in [0.3, 0.4) is 0 Å². The van der Waals surface area contributed by atoms with Crippen molar-refractivity contribution in [3.63, 3.8) is 0 Å². The van der Waals surface area contributed by atoms with Crippen molar-refractivity contribution in [3.8, 4) is 5.75 Å². The summed E-state index contributed by atoms with van der Waals surface area (Å²) in [6, 6.07) is 7.20. The van der Waals surface area contributed by atoms with Crippen LogP contribution >= 0.6 is 12.4 Å². The van der Waals surface area contributed by atoms with Gasteiger partial charge in [0.1, 0.15) is 12.4 Å². The number of aryl methyl sites for hydroxylation is 1. The van der Waals surface area contributed by atoms with Crippen LogP contribution in [0, 0.1) is 0 Å². The van der Waals surface area contributed by atoms with Crippen molar-refractivity contribution >= 4 is 24.0 Å². The highest BCUT2D eigenvalue weighted by Gasteiger charge is 2.05. The van der Waals surface area contributed by atoms with E-state index in [1.165, 1.54) is 0 Å². The maximum Gasteiger partial charge on any atom is 0.228 e. The molecule has 1 aromatic heterocycles. The number of rotatable bonds is 6. The lowest BCUT2D eigenvalue weighted by atomic mass is 10.2. The van der Waals surface area contributed by atoms with Crippen LogP contribution in [0.15, 0.2) is 36.7 Å². The molecule has 7 heteroatoms. The molecule has 1 aromatic carbocycles. The van der Waals surface area contributed by atoms with Gasteiger partial charge in [0.2, 0.25) is 5.91 Å². The number of anilines is 1. The average molecular weight is 311 g/mol. The van der Waals surface area contributed by atoms with Crippen molar-refractivity contribution in [2.24, 2.45) is 12.8 Å². The largest absolute Gasteiger partial charge is 0.492 e. The third-order valence-corrected chi connectivity index (χ3v) is 2.65. The number of nitrogens with one attached hydrogen (secondary N) is 1. The number of benzene rings is 1. The van der Waals surface area contributed by atoms with Gasteiger partial charge in [-0.05, 0) is 29.8 Å². The van der Waals surface area contributed by atoms with Gasteiger partial charge in [-0.3, -0.25) is 9.48 Å². The van der Waals surface area contributed by atoms with E-state index in [1.54, 1.807) is 35.1 Å². The molecule has 0 spiro atoms. The summed E-state index contributed by atoms with van der Waals surface area (Å²) in [6.45, 7) is 0.955. The van der Waals surface area contributed by atoms with Gasteiger partial charge in [-0.25, -0.2) is 0 Å². The molecule has 0 unspecified atom stereocenters. The zero-order valence-electron chi connectivity index (χ0n) is 11.8. The Morgan fingerprint density at radius 3 is 2.67 bits per heavy atom. The van der Waals surface area contributed by atoms with Gasteiger partial charge in [0.25, 0.3) is 0 Å². The van der Waals surface area contributed by atoms with Gasteiger partial charge in [0.05, 0.1) is 12.6 Å². The number of aromatic nitrogens is 2. The molecule has 0 aliphatic carbocycles. The Morgan fingerprint density at radius 2 is 2.10 bits per heavy atom. The maximum absolute atomic E-state index is 11.9. The van der Waals surface area contributed by atoms with Crippen LogP contribution in [-0.2, 0) is 18.3 Å². The van der Waals surface area contributed by atoms with E-state index in [9.17, 15) is 4.79 Å². The van der Waals surface area contributed by atoms with E-state index in [2.05, 4.69) is 10.4 Å². The predicted octanol–water partition coefficient (Wildman–Crippen LogP) is 1.36. The Labute approximate surface area is 129 Å². The highest BCUT2D eigenvalue weighted by molar-refractivity contribution is 5.92. The van der Waals surface area contributed by atoms with E-state index in [4.69, 9.17) is 10.5 Å². The fourth-order valence-corrected chi connectivity index (χ4v) is 1.77. The summed E-state index contributed by atoms with van der Waals surface area (Å²) in [6.07, 6.45) is 3.81. The smallest absolute Gasteiger partial charge is 0.228 e. The average Bonchev–Trinajstić information content (AvgIpc) is 2.83. The molecule has 0 aliphatic heterocycles. The topological polar surface area (TPSA) is 82.2 Å². The summed E-state index contributed by atoms with van der Waals surface area (Å²) in [5.41, 5.74) is 6.98. The lowest BCUT2D eigenvalue weighted by Crippen LogP contribution is -2.14. The Kier molecular flexibility index (Phi) is 6.71. The van der Waals surface area contributed by atoms with Crippen molar-refractivity contribution in [2.75, 3.05) is 18.5 Å². The number of carbonyl (C=O) groups is 1. The summed E-state index contributed by atoms with van der Waals surface area (Å²) < 4.78 is 7.04. The molecular weight excluding hydrogens is 292 g/mol. The monoisotopic (exact) mass is 310 g/mol. The van der Waals surface area contributed by atoms with Gasteiger partial charge in [-0.2, -0.15) is 5.10 Å². The minimum atomic E-state index is -0.0753. The lowest BCUT2D eigenvalue weighted by molar-refractivity contribution is -0.115. The highest BCUT2D eigenvalue weighted by Crippen LogP contribution is 2.15. The van der Waals surface area contributed by atoms with E-state index in [1.807, 2.05) is 13.2 Å². The standard InChI is InChI=1S/C14H18N4O2.ClH/c1-18-10-11(9-16-18)8-14(19)17-12-2-4-13(5-3-12)20-7-6-15;/h2-5,9-10H,6-8,15H2,1H3,(H,17,19);1H. The second-order valence-corrected chi connectivity index (χ2v) is 4.41. The molecule has 3 N–H and O–H groups in total. The van der Waals surface area contributed by atoms with E-state index >= 15 is 0 Å². The minimum absolute atomic E-state index is 0. The fraction of sp³-hybridized carbons (Fsp3) is 0.286. The third kappa shape index (κ3) is 5.45. The number of amides is 1. The second kappa shape index (κ2) is 8.28. The van der Waals surface area contributed by atoms with Crippen molar-refractivity contribution in [1.82, 2.24) is 9.78 Å². The Hall–Kier alpha value is -2.05. The van der Waals surface area contributed by atoms with E-state index in [0.29, 0.717) is 19.6 Å². The molecular formula is C14H19ClN4O2. The summed E-state index contributed by atoms with van der Waals surface area (Å²) in [5, 5.41) is 6.85. The second-order valence-electron chi connectivity index (χ2n) is 4.41. The number of nitrogens with zero attached hydrogens (tertiary/aromatic N) is 2. The molecule has 114 valence electrons. The van der Waals surface area contributed by atoms with Crippen LogP contribution in [0.4, 0.5) is 5.69 Å². The van der Waals surface area contributed by atoms with E-state index < -0.39 is 0 Å². The number of nitrogens with two attached hydrogens (primary N) is 1. The number of carbonyl (C=O) groups excluding carboxylic acids is 1. The summed E-state index contributed by atoms with van der Waals surface area (Å²) in [5.74, 6) is 0.661. The van der Waals surface area contributed by atoms with Crippen molar-refractivity contribution < 1.29 is 9.53 Å². The number of halogens is 1. The van der Waals surface area contributed by atoms with Gasteiger partial charge in [0.15, 0.2) is 0 Å². The molecule has 21 heavy (non-hydrogen) atoms. The molecule has 2 rings (SSSR count). The normalized spacial score (nSPS) is 9.81. The van der Waals surface area contributed by atoms with Crippen LogP contribution in [-0.4, -0.2) is 28.8 Å². The van der Waals surface area contributed by atoms with Gasteiger partial charge < -0.3 is 15.8 Å². The Bertz CT molecular complexity index is 569.